The van der Waals surface area contributed by atoms with Gasteiger partial charge in [-0.05, 0) is 29.2 Å². The minimum absolute atomic E-state index is 0.214. The Hall–Kier alpha value is -0.970. The van der Waals surface area contributed by atoms with Crippen LogP contribution in [0.1, 0.15) is 25.0 Å². The first-order chi connectivity index (χ1) is 9.05. The maximum Gasteiger partial charge on any atom is 0.123 e. The number of methoxy groups -OCH3 is 1. The van der Waals surface area contributed by atoms with Crippen molar-refractivity contribution >= 4 is 0 Å². The zero-order valence-corrected chi connectivity index (χ0v) is 12.2. The van der Waals surface area contributed by atoms with Crippen LogP contribution >= 0.6 is 0 Å². The number of benzene rings is 1. The highest BCUT2D eigenvalue weighted by atomic mass is 19.1. The topological polar surface area (TPSA) is 38.5 Å². The summed E-state index contributed by atoms with van der Waals surface area (Å²) in [5.41, 5.74) is 7.39. The van der Waals surface area contributed by atoms with E-state index in [0.717, 1.165) is 30.8 Å². The third-order valence-corrected chi connectivity index (χ3v) is 2.89. The molecule has 0 aliphatic carbocycles. The van der Waals surface area contributed by atoms with Crippen LogP contribution in [0.2, 0.25) is 0 Å². The average molecular weight is 268 g/mol. The normalized spacial score (nSPS) is 11.5. The monoisotopic (exact) mass is 268 g/mol. The first-order valence-electron chi connectivity index (χ1n) is 6.74. The summed E-state index contributed by atoms with van der Waals surface area (Å²) < 4.78 is 18.6. The number of ether oxygens (including phenoxy) is 1. The average Bonchev–Trinajstić information content (AvgIpc) is 2.34. The lowest BCUT2D eigenvalue weighted by atomic mass is 10.1. The Balaban J connectivity index is 2.73. The summed E-state index contributed by atoms with van der Waals surface area (Å²) >= 11 is 0. The van der Waals surface area contributed by atoms with Gasteiger partial charge in [0.25, 0.3) is 0 Å². The van der Waals surface area contributed by atoms with E-state index in [1.807, 2.05) is 6.07 Å². The van der Waals surface area contributed by atoms with Crippen molar-refractivity contribution in [1.29, 1.82) is 0 Å². The lowest BCUT2D eigenvalue weighted by molar-refractivity contribution is 0.136. The SMILES string of the molecule is COCCN(Cc1cc(F)cc(CN)c1)CC(C)C. The van der Waals surface area contributed by atoms with Crippen LogP contribution in [0.25, 0.3) is 0 Å². The van der Waals surface area contributed by atoms with E-state index in [2.05, 4.69) is 18.7 Å². The molecule has 0 spiro atoms. The minimum Gasteiger partial charge on any atom is -0.383 e. The second kappa shape index (κ2) is 8.25. The van der Waals surface area contributed by atoms with Crippen LogP contribution in [0.3, 0.4) is 0 Å². The van der Waals surface area contributed by atoms with Crippen molar-refractivity contribution in [2.45, 2.75) is 26.9 Å². The van der Waals surface area contributed by atoms with Gasteiger partial charge in [0.05, 0.1) is 6.61 Å². The zero-order chi connectivity index (χ0) is 14.3. The smallest absolute Gasteiger partial charge is 0.123 e. The van der Waals surface area contributed by atoms with Crippen molar-refractivity contribution in [3.05, 3.63) is 35.1 Å². The largest absolute Gasteiger partial charge is 0.383 e. The first kappa shape index (κ1) is 16.1. The Morgan fingerprint density at radius 3 is 2.53 bits per heavy atom. The molecule has 19 heavy (non-hydrogen) atoms. The third kappa shape index (κ3) is 6.14. The zero-order valence-electron chi connectivity index (χ0n) is 12.2. The van der Waals surface area contributed by atoms with Gasteiger partial charge in [-0.3, -0.25) is 4.90 Å². The van der Waals surface area contributed by atoms with Crippen LogP contribution in [0.5, 0.6) is 0 Å². The van der Waals surface area contributed by atoms with Crippen LogP contribution < -0.4 is 5.73 Å². The Morgan fingerprint density at radius 2 is 1.95 bits per heavy atom. The van der Waals surface area contributed by atoms with Crippen molar-refractivity contribution in [1.82, 2.24) is 4.90 Å². The van der Waals surface area contributed by atoms with Gasteiger partial charge in [0.1, 0.15) is 5.82 Å². The molecule has 1 aromatic rings. The van der Waals surface area contributed by atoms with Gasteiger partial charge in [-0.25, -0.2) is 4.39 Å². The van der Waals surface area contributed by atoms with E-state index in [1.165, 1.54) is 6.07 Å². The molecule has 0 heterocycles. The van der Waals surface area contributed by atoms with E-state index < -0.39 is 0 Å². The van der Waals surface area contributed by atoms with Crippen LogP contribution in [0.15, 0.2) is 18.2 Å². The van der Waals surface area contributed by atoms with Crippen molar-refractivity contribution in [2.24, 2.45) is 11.7 Å². The van der Waals surface area contributed by atoms with E-state index in [9.17, 15) is 4.39 Å². The summed E-state index contributed by atoms with van der Waals surface area (Å²) in [7, 11) is 1.70. The molecular formula is C15H25FN2O. The van der Waals surface area contributed by atoms with E-state index in [0.29, 0.717) is 19.1 Å². The molecule has 0 aliphatic heterocycles. The van der Waals surface area contributed by atoms with Gasteiger partial charge in [-0.1, -0.05) is 19.9 Å². The summed E-state index contributed by atoms with van der Waals surface area (Å²) in [4.78, 5) is 2.28. The van der Waals surface area contributed by atoms with Crippen molar-refractivity contribution in [3.8, 4) is 0 Å². The van der Waals surface area contributed by atoms with Gasteiger partial charge in [-0.15, -0.1) is 0 Å². The predicted octanol–water partition coefficient (Wildman–Crippen LogP) is 2.39. The lowest BCUT2D eigenvalue weighted by Crippen LogP contribution is -2.30. The van der Waals surface area contributed by atoms with Crippen molar-refractivity contribution in [2.75, 3.05) is 26.8 Å². The number of rotatable bonds is 8. The molecule has 4 heteroatoms. The number of nitrogens with zero attached hydrogens (tertiary/aromatic N) is 1. The number of halogens is 1. The highest BCUT2D eigenvalue weighted by Crippen LogP contribution is 2.12. The highest BCUT2D eigenvalue weighted by Gasteiger charge is 2.09. The van der Waals surface area contributed by atoms with Gasteiger partial charge in [0.15, 0.2) is 0 Å². The van der Waals surface area contributed by atoms with Gasteiger partial charge < -0.3 is 10.5 Å². The first-order valence-corrected chi connectivity index (χ1v) is 6.74. The molecule has 0 radical (unpaired) electrons. The molecule has 1 aromatic carbocycles. The van der Waals surface area contributed by atoms with Gasteiger partial charge >= 0.3 is 0 Å². The predicted molar refractivity (Wildman–Crippen MR) is 76.3 cm³/mol. The van der Waals surface area contributed by atoms with Crippen molar-refractivity contribution in [3.63, 3.8) is 0 Å². The molecular weight excluding hydrogens is 243 g/mol. The second-order valence-electron chi connectivity index (χ2n) is 5.29. The Kier molecular flexibility index (Phi) is 6.99. The fourth-order valence-electron chi connectivity index (χ4n) is 2.16. The molecule has 0 bridgehead atoms. The molecule has 0 amide bonds. The van der Waals surface area contributed by atoms with E-state index >= 15 is 0 Å². The molecule has 0 atom stereocenters. The molecule has 1 rings (SSSR count). The van der Waals surface area contributed by atoms with Crippen LogP contribution in [0, 0.1) is 11.7 Å². The number of hydrogen-bond donors (Lipinski definition) is 1. The third-order valence-electron chi connectivity index (χ3n) is 2.89. The summed E-state index contributed by atoms with van der Waals surface area (Å²) in [5.74, 6) is 0.355. The van der Waals surface area contributed by atoms with Crippen LogP contribution in [0.4, 0.5) is 4.39 Å². The summed E-state index contributed by atoms with van der Waals surface area (Å²) in [6.45, 7) is 7.96. The van der Waals surface area contributed by atoms with Gasteiger partial charge in [-0.2, -0.15) is 0 Å². The Labute approximate surface area is 115 Å². The standard InChI is InChI=1S/C15H25FN2O/c1-12(2)10-18(4-5-19-3)11-14-6-13(9-17)7-15(16)8-14/h6-8,12H,4-5,9-11,17H2,1-3H3. The molecule has 0 saturated heterocycles. The summed E-state index contributed by atoms with van der Waals surface area (Å²) in [6, 6.07) is 5.05. The molecule has 2 N–H and O–H groups in total. The summed E-state index contributed by atoms with van der Waals surface area (Å²) in [5, 5.41) is 0. The molecule has 0 fully saturated rings. The quantitative estimate of drug-likeness (QED) is 0.787. The van der Waals surface area contributed by atoms with Crippen LogP contribution in [-0.4, -0.2) is 31.7 Å². The maximum absolute atomic E-state index is 13.5. The number of nitrogens with two attached hydrogens (primary N) is 1. The summed E-state index contributed by atoms with van der Waals surface area (Å²) in [6.07, 6.45) is 0. The molecule has 0 saturated carbocycles. The van der Waals surface area contributed by atoms with E-state index in [-0.39, 0.29) is 5.82 Å². The van der Waals surface area contributed by atoms with Crippen LogP contribution in [-0.2, 0) is 17.8 Å². The van der Waals surface area contributed by atoms with E-state index in [1.54, 1.807) is 13.2 Å². The molecule has 3 nitrogen and oxygen atoms in total. The fraction of sp³-hybridized carbons (Fsp3) is 0.600. The second-order valence-corrected chi connectivity index (χ2v) is 5.29. The van der Waals surface area contributed by atoms with Gasteiger partial charge in [0, 0.05) is 33.3 Å². The molecule has 0 aromatic heterocycles. The molecule has 0 unspecified atom stereocenters. The van der Waals surface area contributed by atoms with Gasteiger partial charge in [0.2, 0.25) is 0 Å². The highest BCUT2D eigenvalue weighted by molar-refractivity contribution is 5.24. The maximum atomic E-state index is 13.5. The molecule has 0 aliphatic rings. The number of hydrogen-bond acceptors (Lipinski definition) is 3. The van der Waals surface area contributed by atoms with Crippen molar-refractivity contribution < 1.29 is 9.13 Å². The molecule has 108 valence electrons. The Morgan fingerprint density at radius 1 is 1.26 bits per heavy atom. The van der Waals surface area contributed by atoms with E-state index in [4.69, 9.17) is 10.5 Å². The lowest BCUT2D eigenvalue weighted by Gasteiger charge is -2.24. The minimum atomic E-state index is -0.214. The Bertz CT molecular complexity index is 382. The fourth-order valence-corrected chi connectivity index (χ4v) is 2.16.